The van der Waals surface area contributed by atoms with E-state index >= 15 is 0 Å². The van der Waals surface area contributed by atoms with Crippen molar-refractivity contribution >= 4 is 11.8 Å². The van der Waals surface area contributed by atoms with E-state index in [2.05, 4.69) is 6.92 Å². The minimum absolute atomic E-state index is 0.112. The van der Waals surface area contributed by atoms with Crippen LogP contribution in [0.15, 0.2) is 11.6 Å². The van der Waals surface area contributed by atoms with Gasteiger partial charge in [0.2, 0.25) is 0 Å². The number of halogens is 5. The first-order valence-corrected chi connectivity index (χ1v) is 4.87. The fourth-order valence-electron chi connectivity index (χ4n) is 0.619. The van der Waals surface area contributed by atoms with Crippen molar-refractivity contribution in [1.82, 2.24) is 0 Å². The van der Waals surface area contributed by atoms with Crippen LogP contribution in [-0.4, -0.2) is 23.6 Å². The van der Waals surface area contributed by atoms with Gasteiger partial charge >= 0.3 is 12.1 Å². The Bertz CT molecular complexity index is 206. The maximum Gasteiger partial charge on any atom is 0.457 e. The summed E-state index contributed by atoms with van der Waals surface area (Å²) in [4.78, 5) is 0. The van der Waals surface area contributed by atoms with E-state index in [0.29, 0.717) is 5.75 Å². The molecule has 0 amide bonds. The molecular weight excluding hydrogens is 223 g/mol. The molecule has 0 spiro atoms. The Hall–Kier alpha value is -0.260. The predicted molar refractivity (Wildman–Crippen MR) is 47.4 cm³/mol. The Morgan fingerprint density at radius 1 is 1.29 bits per heavy atom. The average molecular weight is 233 g/mol. The molecule has 0 saturated carbocycles. The highest BCUT2D eigenvalue weighted by molar-refractivity contribution is 7.99. The third kappa shape index (κ3) is 3.48. The zero-order chi connectivity index (χ0) is 11.4. The van der Waals surface area contributed by atoms with Crippen LogP contribution in [0.4, 0.5) is 22.0 Å². The minimum Gasteiger partial charge on any atom is -0.191 e. The van der Waals surface area contributed by atoms with Crippen LogP contribution in [0.2, 0.25) is 0 Å². The van der Waals surface area contributed by atoms with Crippen LogP contribution in [0.1, 0.15) is 6.92 Å². The largest absolute Gasteiger partial charge is 0.457 e. The third-order valence-corrected chi connectivity index (χ3v) is 2.19. The Morgan fingerprint density at radius 3 is 2.14 bits per heavy atom. The van der Waals surface area contributed by atoms with Crippen molar-refractivity contribution in [1.29, 1.82) is 0 Å². The molecule has 0 atom stereocenters. The standard InChI is InChI=1S/C8H10F5S/c1-3-14-5-4-6(2)7(9,10)8(11,12)13/h4H,1,3,5H2,2H3. The summed E-state index contributed by atoms with van der Waals surface area (Å²) in [6, 6.07) is 0. The molecule has 0 unspecified atom stereocenters. The number of hydrogen-bond donors (Lipinski definition) is 0. The Balaban J connectivity index is 4.50. The molecule has 0 aromatic carbocycles. The molecule has 0 saturated heterocycles. The van der Waals surface area contributed by atoms with Gasteiger partial charge in [-0.3, -0.25) is 0 Å². The molecule has 0 N–H and O–H groups in total. The first-order chi connectivity index (χ1) is 6.23. The van der Waals surface area contributed by atoms with Gasteiger partial charge in [0.1, 0.15) is 0 Å². The molecule has 14 heavy (non-hydrogen) atoms. The molecule has 0 aliphatic heterocycles. The lowest BCUT2D eigenvalue weighted by Crippen LogP contribution is -2.37. The van der Waals surface area contributed by atoms with Gasteiger partial charge in [-0.05, 0) is 19.6 Å². The number of rotatable bonds is 4. The van der Waals surface area contributed by atoms with E-state index in [9.17, 15) is 22.0 Å². The number of hydrogen-bond acceptors (Lipinski definition) is 1. The fraction of sp³-hybridized carbons (Fsp3) is 0.625. The van der Waals surface area contributed by atoms with Gasteiger partial charge in [0.25, 0.3) is 0 Å². The van der Waals surface area contributed by atoms with Gasteiger partial charge in [0.15, 0.2) is 0 Å². The molecule has 0 fully saturated rings. The summed E-state index contributed by atoms with van der Waals surface area (Å²) in [7, 11) is 0. The summed E-state index contributed by atoms with van der Waals surface area (Å²) in [5.41, 5.74) is -0.967. The summed E-state index contributed by atoms with van der Waals surface area (Å²) >= 11 is 1.17. The zero-order valence-electron chi connectivity index (χ0n) is 7.50. The van der Waals surface area contributed by atoms with E-state index in [0.717, 1.165) is 13.0 Å². The summed E-state index contributed by atoms with van der Waals surface area (Å²) in [6.45, 7) is 4.19. The average Bonchev–Trinajstić information content (AvgIpc) is 2.02. The van der Waals surface area contributed by atoms with E-state index in [1.54, 1.807) is 0 Å². The van der Waals surface area contributed by atoms with Crippen molar-refractivity contribution in [2.45, 2.75) is 19.0 Å². The van der Waals surface area contributed by atoms with Gasteiger partial charge in [0, 0.05) is 11.3 Å². The molecule has 0 aliphatic carbocycles. The van der Waals surface area contributed by atoms with Gasteiger partial charge in [-0.25, -0.2) is 0 Å². The number of alkyl halides is 5. The molecule has 0 heterocycles. The molecule has 0 aromatic rings. The van der Waals surface area contributed by atoms with Crippen LogP contribution in [0.25, 0.3) is 0 Å². The Morgan fingerprint density at radius 2 is 1.79 bits per heavy atom. The maximum atomic E-state index is 12.5. The van der Waals surface area contributed by atoms with Crippen LogP contribution >= 0.6 is 11.8 Å². The lowest BCUT2D eigenvalue weighted by atomic mass is 10.1. The van der Waals surface area contributed by atoms with Crippen LogP contribution in [0.5, 0.6) is 0 Å². The maximum absolute atomic E-state index is 12.5. The molecule has 0 bridgehead atoms. The van der Waals surface area contributed by atoms with E-state index in [1.165, 1.54) is 11.8 Å². The molecule has 1 radical (unpaired) electrons. The van der Waals surface area contributed by atoms with Crippen LogP contribution < -0.4 is 0 Å². The second kappa shape index (κ2) is 5.00. The highest BCUT2D eigenvalue weighted by Crippen LogP contribution is 2.40. The smallest absolute Gasteiger partial charge is 0.191 e. The summed E-state index contributed by atoms with van der Waals surface area (Å²) in [5.74, 6) is -4.18. The third-order valence-electron chi connectivity index (χ3n) is 1.50. The van der Waals surface area contributed by atoms with Crippen molar-refractivity contribution in [2.75, 3.05) is 11.5 Å². The van der Waals surface area contributed by atoms with Crippen LogP contribution in [0.3, 0.4) is 0 Å². The molecule has 0 aromatic heterocycles. The van der Waals surface area contributed by atoms with Crippen molar-refractivity contribution in [3.05, 3.63) is 18.6 Å². The second-order valence-corrected chi connectivity index (χ2v) is 3.68. The normalized spacial score (nSPS) is 14.6. The topological polar surface area (TPSA) is 0 Å². The SMILES string of the molecule is [CH2]CSCC=C(C)C(F)(F)C(F)(F)F. The van der Waals surface area contributed by atoms with Gasteiger partial charge in [0.05, 0.1) is 0 Å². The molecule has 83 valence electrons. The monoisotopic (exact) mass is 233 g/mol. The van der Waals surface area contributed by atoms with Gasteiger partial charge in [-0.15, -0.1) is 0 Å². The molecular formula is C8H10F5S. The van der Waals surface area contributed by atoms with Crippen molar-refractivity contribution in [3.8, 4) is 0 Å². The number of thioether (sulfide) groups is 1. The molecule has 0 aliphatic rings. The molecule has 6 heteroatoms. The van der Waals surface area contributed by atoms with E-state index in [-0.39, 0.29) is 5.75 Å². The first-order valence-electron chi connectivity index (χ1n) is 3.72. The minimum atomic E-state index is -5.51. The predicted octanol–water partition coefficient (Wildman–Crippen LogP) is 3.70. The first kappa shape index (κ1) is 13.7. The summed E-state index contributed by atoms with van der Waals surface area (Å²) in [6.07, 6.45) is -4.63. The second-order valence-electron chi connectivity index (χ2n) is 2.53. The van der Waals surface area contributed by atoms with Crippen molar-refractivity contribution < 1.29 is 22.0 Å². The zero-order valence-corrected chi connectivity index (χ0v) is 8.31. The van der Waals surface area contributed by atoms with Crippen LogP contribution in [0, 0.1) is 6.92 Å². The lowest BCUT2D eigenvalue weighted by molar-refractivity contribution is -0.264. The summed E-state index contributed by atoms with van der Waals surface area (Å²) in [5, 5.41) is 0. The van der Waals surface area contributed by atoms with Gasteiger partial charge in [-0.1, -0.05) is 6.08 Å². The van der Waals surface area contributed by atoms with Gasteiger partial charge < -0.3 is 0 Å². The summed E-state index contributed by atoms with van der Waals surface area (Å²) < 4.78 is 60.4. The lowest BCUT2D eigenvalue weighted by Gasteiger charge is -2.20. The van der Waals surface area contributed by atoms with E-state index in [1.807, 2.05) is 0 Å². The fourth-order valence-corrected chi connectivity index (χ4v) is 1.15. The van der Waals surface area contributed by atoms with Gasteiger partial charge in [-0.2, -0.15) is 33.7 Å². The highest BCUT2D eigenvalue weighted by Gasteiger charge is 2.58. The van der Waals surface area contributed by atoms with Crippen LogP contribution in [-0.2, 0) is 0 Å². The molecule has 0 nitrogen and oxygen atoms in total. The van der Waals surface area contributed by atoms with Crippen molar-refractivity contribution in [3.63, 3.8) is 0 Å². The van der Waals surface area contributed by atoms with Crippen molar-refractivity contribution in [2.24, 2.45) is 0 Å². The molecule has 0 rings (SSSR count). The van der Waals surface area contributed by atoms with E-state index < -0.39 is 17.7 Å². The quantitative estimate of drug-likeness (QED) is 0.405. The van der Waals surface area contributed by atoms with E-state index in [4.69, 9.17) is 0 Å². The number of allylic oxidation sites excluding steroid dienone is 1. The Labute approximate surface area is 83.6 Å². The Kier molecular flexibility index (Phi) is 4.91. The highest BCUT2D eigenvalue weighted by atomic mass is 32.2.